The van der Waals surface area contributed by atoms with Crippen LogP contribution in [-0.2, 0) is 0 Å². The Bertz CT molecular complexity index is 560. The molecule has 0 saturated heterocycles. The largest absolute Gasteiger partial charge is 0.477 e. The molecule has 7 nitrogen and oxygen atoms in total. The van der Waals surface area contributed by atoms with Crippen molar-refractivity contribution in [2.24, 2.45) is 0 Å². The van der Waals surface area contributed by atoms with Crippen molar-refractivity contribution in [2.45, 2.75) is 26.1 Å². The van der Waals surface area contributed by atoms with E-state index >= 15 is 0 Å². The highest BCUT2D eigenvalue weighted by Gasteiger charge is 2.33. The van der Waals surface area contributed by atoms with Crippen molar-refractivity contribution in [2.75, 3.05) is 11.4 Å². The predicted molar refractivity (Wildman–Crippen MR) is 66.4 cm³/mol. The quantitative estimate of drug-likeness (QED) is 0.663. The fourth-order valence-corrected chi connectivity index (χ4v) is 1.63. The molecule has 1 heterocycles. The Hall–Kier alpha value is -2.39. The summed E-state index contributed by atoms with van der Waals surface area (Å²) in [7, 11) is 0. The fourth-order valence-electron chi connectivity index (χ4n) is 1.63. The first-order chi connectivity index (χ1) is 9.53. The first-order valence-electron chi connectivity index (χ1n) is 5.74. The molecule has 0 radical (unpaired) electrons. The van der Waals surface area contributed by atoms with Gasteiger partial charge in [0.05, 0.1) is 4.92 Å². The zero-order valence-electron chi connectivity index (χ0n) is 11.1. The van der Waals surface area contributed by atoms with E-state index in [0.717, 1.165) is 11.0 Å². The highest BCUT2D eigenvalue weighted by molar-refractivity contribution is 5.93. The molecule has 0 atom stereocenters. The molecule has 0 spiro atoms. The molecule has 0 fully saturated rings. The van der Waals surface area contributed by atoms with E-state index in [-0.39, 0.29) is 5.82 Å². The summed E-state index contributed by atoms with van der Waals surface area (Å²) in [5.41, 5.74) is -1.49. The molecule has 0 aliphatic heterocycles. The summed E-state index contributed by atoms with van der Waals surface area (Å²) in [5.74, 6) is -1.90. The monoisotopic (exact) mass is 307 g/mol. The Morgan fingerprint density at radius 2 is 2.10 bits per heavy atom. The molecule has 0 unspecified atom stereocenters. The number of nitrogens with zero attached hydrogens (tertiary/aromatic N) is 3. The minimum absolute atomic E-state index is 0.287. The predicted octanol–water partition coefficient (Wildman–Crippen LogP) is 2.47. The molecule has 1 rings (SSSR count). The van der Waals surface area contributed by atoms with E-state index in [1.165, 1.54) is 13.8 Å². The Labute approximate surface area is 117 Å². The molecule has 1 N–H and O–H groups in total. The van der Waals surface area contributed by atoms with Gasteiger partial charge in [-0.05, 0) is 13.8 Å². The molecule has 0 saturated carbocycles. The van der Waals surface area contributed by atoms with E-state index in [2.05, 4.69) is 4.98 Å². The normalized spacial score (nSPS) is 11.5. The SMILES string of the molecule is CC(C)N(CC(F)(F)F)c1cc(C(=O)O)c([N+](=O)[O-])cn1. The van der Waals surface area contributed by atoms with Crippen molar-refractivity contribution >= 4 is 17.5 Å². The van der Waals surface area contributed by atoms with Gasteiger partial charge in [0.15, 0.2) is 0 Å². The average molecular weight is 307 g/mol. The Kier molecular flexibility index (Phi) is 4.71. The smallest absolute Gasteiger partial charge is 0.405 e. The number of halogens is 3. The van der Waals surface area contributed by atoms with Crippen LogP contribution >= 0.6 is 0 Å². The van der Waals surface area contributed by atoms with Crippen LogP contribution in [0.2, 0.25) is 0 Å². The standard InChI is InChI=1S/C11H12F3N3O4/c1-6(2)16(5-11(12,13)14)9-3-7(10(18)19)8(4-15-9)17(20)21/h3-4,6H,5H2,1-2H3,(H,18,19). The summed E-state index contributed by atoms with van der Waals surface area (Å²) in [5, 5.41) is 19.6. The third-order valence-electron chi connectivity index (χ3n) is 2.56. The topological polar surface area (TPSA) is 96.6 Å². The van der Waals surface area contributed by atoms with Crippen LogP contribution in [-0.4, -0.2) is 39.7 Å². The molecule has 0 amide bonds. The van der Waals surface area contributed by atoms with Crippen molar-refractivity contribution < 1.29 is 28.0 Å². The highest BCUT2D eigenvalue weighted by Crippen LogP contribution is 2.26. The van der Waals surface area contributed by atoms with Gasteiger partial charge in [-0.1, -0.05) is 0 Å². The zero-order chi connectivity index (χ0) is 16.4. The van der Waals surface area contributed by atoms with Crippen LogP contribution in [0.4, 0.5) is 24.7 Å². The summed E-state index contributed by atoms with van der Waals surface area (Å²) in [4.78, 5) is 25.1. The number of hydrogen-bond acceptors (Lipinski definition) is 5. The maximum absolute atomic E-state index is 12.5. The lowest BCUT2D eigenvalue weighted by Crippen LogP contribution is -2.39. The molecular formula is C11H12F3N3O4. The van der Waals surface area contributed by atoms with E-state index in [4.69, 9.17) is 5.11 Å². The summed E-state index contributed by atoms with van der Waals surface area (Å²) in [6.07, 6.45) is -3.87. The van der Waals surface area contributed by atoms with Gasteiger partial charge in [-0.3, -0.25) is 10.1 Å². The first-order valence-corrected chi connectivity index (χ1v) is 5.74. The number of carbonyl (C=O) groups is 1. The van der Waals surface area contributed by atoms with Crippen LogP contribution in [0, 0.1) is 10.1 Å². The molecule has 1 aromatic rings. The second-order valence-electron chi connectivity index (χ2n) is 4.46. The number of aromatic nitrogens is 1. The van der Waals surface area contributed by atoms with Gasteiger partial charge in [0.25, 0.3) is 0 Å². The minimum atomic E-state index is -4.52. The van der Waals surface area contributed by atoms with Crippen molar-refractivity contribution in [3.63, 3.8) is 0 Å². The van der Waals surface area contributed by atoms with Gasteiger partial charge in [0, 0.05) is 12.1 Å². The maximum Gasteiger partial charge on any atom is 0.405 e. The van der Waals surface area contributed by atoms with Gasteiger partial charge in [-0.2, -0.15) is 13.2 Å². The van der Waals surface area contributed by atoms with E-state index in [1.807, 2.05) is 0 Å². The summed E-state index contributed by atoms with van der Waals surface area (Å²) >= 11 is 0. The van der Waals surface area contributed by atoms with E-state index in [1.54, 1.807) is 0 Å². The van der Waals surface area contributed by atoms with Crippen molar-refractivity contribution in [1.82, 2.24) is 4.98 Å². The number of hydrogen-bond donors (Lipinski definition) is 1. The van der Waals surface area contributed by atoms with Crippen LogP contribution in [0.3, 0.4) is 0 Å². The lowest BCUT2D eigenvalue weighted by molar-refractivity contribution is -0.385. The van der Waals surface area contributed by atoms with Gasteiger partial charge < -0.3 is 10.0 Å². The number of carboxylic acids is 1. The molecule has 0 bridgehead atoms. The molecule has 1 aromatic heterocycles. The van der Waals surface area contributed by atoms with Crippen LogP contribution < -0.4 is 4.90 Å². The van der Waals surface area contributed by atoms with Crippen molar-refractivity contribution in [3.05, 3.63) is 27.9 Å². The zero-order valence-corrected chi connectivity index (χ0v) is 11.1. The van der Waals surface area contributed by atoms with Crippen LogP contribution in [0.1, 0.15) is 24.2 Å². The van der Waals surface area contributed by atoms with E-state index in [0.29, 0.717) is 6.20 Å². The average Bonchev–Trinajstić information content (AvgIpc) is 2.33. The molecule has 21 heavy (non-hydrogen) atoms. The van der Waals surface area contributed by atoms with E-state index < -0.39 is 40.9 Å². The lowest BCUT2D eigenvalue weighted by Gasteiger charge is -2.28. The number of nitro groups is 1. The first kappa shape index (κ1) is 16.7. The van der Waals surface area contributed by atoms with Crippen LogP contribution in [0.25, 0.3) is 0 Å². The van der Waals surface area contributed by atoms with Gasteiger partial charge in [0.1, 0.15) is 24.1 Å². The van der Waals surface area contributed by atoms with Crippen LogP contribution in [0.5, 0.6) is 0 Å². The maximum atomic E-state index is 12.5. The Morgan fingerprint density at radius 3 is 2.48 bits per heavy atom. The Morgan fingerprint density at radius 1 is 1.52 bits per heavy atom. The third kappa shape index (κ3) is 4.29. The second-order valence-corrected chi connectivity index (χ2v) is 4.46. The van der Waals surface area contributed by atoms with Gasteiger partial charge in [0.2, 0.25) is 0 Å². The summed E-state index contributed by atoms with van der Waals surface area (Å²) < 4.78 is 37.6. The van der Waals surface area contributed by atoms with Crippen molar-refractivity contribution in [1.29, 1.82) is 0 Å². The number of aromatic carboxylic acids is 1. The Balaban J connectivity index is 3.31. The fraction of sp³-hybridized carbons (Fsp3) is 0.455. The number of anilines is 1. The number of carboxylic acid groups (broad SMARTS) is 1. The van der Waals surface area contributed by atoms with E-state index in [9.17, 15) is 28.1 Å². The molecule has 10 heteroatoms. The second kappa shape index (κ2) is 5.94. The summed E-state index contributed by atoms with van der Waals surface area (Å²) in [6.45, 7) is 1.60. The van der Waals surface area contributed by atoms with Crippen molar-refractivity contribution in [3.8, 4) is 0 Å². The lowest BCUT2D eigenvalue weighted by atomic mass is 10.2. The van der Waals surface area contributed by atoms with Crippen LogP contribution in [0.15, 0.2) is 12.3 Å². The van der Waals surface area contributed by atoms with Gasteiger partial charge in [-0.25, -0.2) is 9.78 Å². The summed E-state index contributed by atoms with van der Waals surface area (Å²) in [6, 6.07) is 0.147. The number of rotatable bonds is 5. The molecule has 116 valence electrons. The number of alkyl halides is 3. The molecule has 0 aliphatic carbocycles. The van der Waals surface area contributed by atoms with Gasteiger partial charge in [-0.15, -0.1) is 0 Å². The third-order valence-corrected chi connectivity index (χ3v) is 2.56. The minimum Gasteiger partial charge on any atom is -0.477 e. The van der Waals surface area contributed by atoms with Gasteiger partial charge >= 0.3 is 17.8 Å². The molecular weight excluding hydrogens is 295 g/mol. The molecule has 0 aliphatic rings. The molecule has 0 aromatic carbocycles. The number of pyridine rings is 1. The highest BCUT2D eigenvalue weighted by atomic mass is 19.4.